The summed E-state index contributed by atoms with van der Waals surface area (Å²) in [6.45, 7) is 0. The van der Waals surface area contributed by atoms with E-state index in [2.05, 4.69) is 25.3 Å². The van der Waals surface area contributed by atoms with Gasteiger partial charge in [-0.1, -0.05) is 30.3 Å². The Bertz CT molecular complexity index is 1730. The SMILES string of the molecule is Fc1ccccc1NC(=S)N=NC=c1ccc2c(c1)CC=c1c=2ncn1-c1ccc(OC(F)(F)F)cc1. The molecule has 0 saturated carbocycles. The number of para-hydroxylation sites is 1. The molecule has 0 saturated heterocycles. The highest BCUT2D eigenvalue weighted by Crippen LogP contribution is 2.23. The fourth-order valence-corrected chi connectivity index (χ4v) is 4.08. The van der Waals surface area contributed by atoms with Crippen LogP contribution in [0.3, 0.4) is 0 Å². The quantitative estimate of drug-likeness (QED) is 0.229. The van der Waals surface area contributed by atoms with Gasteiger partial charge in [-0.25, -0.2) is 9.37 Å². The number of rotatable bonds is 4. The molecule has 1 N–H and O–H groups in total. The highest BCUT2D eigenvalue weighted by Gasteiger charge is 2.31. The monoisotopic (exact) mass is 523 g/mol. The van der Waals surface area contributed by atoms with Gasteiger partial charge in [-0.2, -0.15) is 5.11 Å². The third-order valence-corrected chi connectivity index (χ3v) is 5.71. The summed E-state index contributed by atoms with van der Waals surface area (Å²) in [5, 5.41) is 14.0. The first kappa shape index (κ1) is 24.3. The van der Waals surface area contributed by atoms with Crippen molar-refractivity contribution in [3.63, 3.8) is 0 Å². The highest BCUT2D eigenvalue weighted by molar-refractivity contribution is 7.80. The second-order valence-electron chi connectivity index (χ2n) is 7.97. The van der Waals surface area contributed by atoms with Gasteiger partial charge < -0.3 is 10.1 Å². The molecule has 0 aliphatic heterocycles. The summed E-state index contributed by atoms with van der Waals surface area (Å²) >= 11 is 5.09. The standard InChI is InChI=1S/C26H17F4N5OS/c27-21-3-1-2-4-22(21)33-25(37)34-32-14-16-5-11-20-17(13-16)6-12-23-24(20)31-15-35(23)18-7-9-19(10-8-18)36-26(28,29)30/h1-5,7-15H,6H2,(H,33,37). The van der Waals surface area contributed by atoms with Crippen LogP contribution in [0.1, 0.15) is 5.56 Å². The maximum atomic E-state index is 13.7. The second kappa shape index (κ2) is 9.94. The number of halogens is 4. The van der Waals surface area contributed by atoms with Crippen molar-refractivity contribution < 1.29 is 22.3 Å². The van der Waals surface area contributed by atoms with Crippen molar-refractivity contribution in [2.24, 2.45) is 10.2 Å². The summed E-state index contributed by atoms with van der Waals surface area (Å²) in [4.78, 5) is 4.53. The molecule has 37 heavy (non-hydrogen) atoms. The number of alkyl halides is 3. The zero-order valence-corrected chi connectivity index (χ0v) is 19.7. The predicted molar refractivity (Wildman–Crippen MR) is 134 cm³/mol. The molecule has 186 valence electrons. The molecule has 0 radical (unpaired) electrons. The fraction of sp³-hybridized carbons (Fsp3) is 0.0769. The number of nitrogens with one attached hydrogen (secondary N) is 1. The molecule has 0 bridgehead atoms. The van der Waals surface area contributed by atoms with E-state index in [1.165, 1.54) is 18.2 Å². The zero-order chi connectivity index (χ0) is 26.0. The van der Waals surface area contributed by atoms with Gasteiger partial charge in [-0.05, 0) is 71.9 Å². The number of ether oxygens (including phenoxy) is 1. The Kier molecular flexibility index (Phi) is 6.53. The highest BCUT2D eigenvalue weighted by atomic mass is 32.1. The van der Waals surface area contributed by atoms with E-state index < -0.39 is 12.2 Å². The second-order valence-corrected chi connectivity index (χ2v) is 8.36. The summed E-state index contributed by atoms with van der Waals surface area (Å²) in [6.07, 6.45) is 1.07. The van der Waals surface area contributed by atoms with E-state index in [9.17, 15) is 17.6 Å². The number of hydrogen-bond donors (Lipinski definition) is 1. The van der Waals surface area contributed by atoms with Crippen molar-refractivity contribution in [3.8, 4) is 11.4 Å². The van der Waals surface area contributed by atoms with Crippen LogP contribution in [-0.4, -0.2) is 21.0 Å². The normalized spacial score (nSPS) is 13.1. The number of anilines is 1. The van der Waals surface area contributed by atoms with Crippen LogP contribution in [0.4, 0.5) is 23.2 Å². The Labute approximate surface area is 212 Å². The molecule has 1 aromatic heterocycles. The first-order valence-electron chi connectivity index (χ1n) is 11.0. The van der Waals surface area contributed by atoms with Crippen molar-refractivity contribution in [2.45, 2.75) is 12.8 Å². The summed E-state index contributed by atoms with van der Waals surface area (Å²) in [5.74, 6) is -0.728. The van der Waals surface area contributed by atoms with E-state index in [0.29, 0.717) is 12.1 Å². The predicted octanol–water partition coefficient (Wildman–Crippen LogP) is 5.12. The molecular weight excluding hydrogens is 506 g/mol. The van der Waals surface area contributed by atoms with Crippen LogP contribution >= 0.6 is 12.2 Å². The number of azo groups is 1. The zero-order valence-electron chi connectivity index (χ0n) is 18.9. The Hall–Kier alpha value is -4.38. The molecule has 0 fully saturated rings. The molecule has 6 nitrogen and oxygen atoms in total. The molecule has 0 spiro atoms. The van der Waals surface area contributed by atoms with Gasteiger partial charge in [-0.3, -0.25) is 4.57 Å². The molecule has 0 unspecified atom stereocenters. The van der Waals surface area contributed by atoms with E-state index in [0.717, 1.165) is 26.7 Å². The Morgan fingerprint density at radius 3 is 2.62 bits per heavy atom. The molecular formula is C26H17F4N5OS. The van der Waals surface area contributed by atoms with Crippen LogP contribution in [0, 0.1) is 16.4 Å². The van der Waals surface area contributed by atoms with E-state index in [1.807, 2.05) is 28.8 Å². The average molecular weight is 524 g/mol. The largest absolute Gasteiger partial charge is 0.573 e. The van der Waals surface area contributed by atoms with Crippen LogP contribution in [-0.2, 0) is 6.42 Å². The van der Waals surface area contributed by atoms with Crippen molar-refractivity contribution in [3.05, 3.63) is 106 Å². The van der Waals surface area contributed by atoms with Crippen molar-refractivity contribution in [1.29, 1.82) is 0 Å². The summed E-state index contributed by atoms with van der Waals surface area (Å²) < 4.78 is 56.8. The van der Waals surface area contributed by atoms with Gasteiger partial charge in [0, 0.05) is 10.9 Å². The summed E-state index contributed by atoms with van der Waals surface area (Å²) in [7, 11) is 0. The number of thiocarbonyl (C=S) groups is 1. The number of nitrogens with zero attached hydrogens (tertiary/aromatic N) is 4. The molecule has 0 atom stereocenters. The minimum Gasteiger partial charge on any atom is -0.406 e. The molecule has 0 amide bonds. The van der Waals surface area contributed by atoms with Gasteiger partial charge >= 0.3 is 6.36 Å². The lowest BCUT2D eigenvalue weighted by molar-refractivity contribution is -0.274. The van der Waals surface area contributed by atoms with Crippen LogP contribution in [0.25, 0.3) is 18.0 Å². The molecule has 1 heterocycles. The molecule has 3 aromatic carbocycles. The van der Waals surface area contributed by atoms with Crippen LogP contribution in [0.5, 0.6) is 5.75 Å². The van der Waals surface area contributed by atoms with Crippen molar-refractivity contribution in [1.82, 2.24) is 9.55 Å². The fourth-order valence-electron chi connectivity index (χ4n) is 3.93. The average Bonchev–Trinajstić information content (AvgIpc) is 3.29. The number of benzene rings is 3. The number of imidazole rings is 1. The Morgan fingerprint density at radius 2 is 1.86 bits per heavy atom. The summed E-state index contributed by atoms with van der Waals surface area (Å²) in [5.41, 5.74) is 1.91. The maximum absolute atomic E-state index is 13.7. The van der Waals surface area contributed by atoms with E-state index in [-0.39, 0.29) is 16.5 Å². The summed E-state index contributed by atoms with van der Waals surface area (Å²) in [6, 6.07) is 17.5. The smallest absolute Gasteiger partial charge is 0.406 e. The Morgan fingerprint density at radius 1 is 1.08 bits per heavy atom. The van der Waals surface area contributed by atoms with E-state index in [1.54, 1.807) is 42.9 Å². The third kappa shape index (κ3) is 5.56. The van der Waals surface area contributed by atoms with Crippen LogP contribution in [0.15, 0.2) is 83.3 Å². The first-order chi connectivity index (χ1) is 17.8. The van der Waals surface area contributed by atoms with Gasteiger partial charge in [0.05, 0.1) is 22.6 Å². The molecule has 5 rings (SSSR count). The minimum absolute atomic E-state index is 0.0285. The topological polar surface area (TPSA) is 63.8 Å². The maximum Gasteiger partial charge on any atom is 0.573 e. The van der Waals surface area contributed by atoms with Crippen molar-refractivity contribution in [2.75, 3.05) is 5.32 Å². The van der Waals surface area contributed by atoms with Crippen molar-refractivity contribution >= 4 is 35.3 Å². The van der Waals surface area contributed by atoms with Gasteiger partial charge in [0.25, 0.3) is 0 Å². The van der Waals surface area contributed by atoms with Gasteiger partial charge in [0.15, 0.2) is 0 Å². The lowest BCUT2D eigenvalue weighted by Gasteiger charge is -2.10. The molecule has 1 aliphatic rings. The Balaban J connectivity index is 1.39. The molecule has 11 heteroatoms. The first-order valence-corrected chi connectivity index (χ1v) is 11.4. The molecule has 1 aliphatic carbocycles. The lowest BCUT2D eigenvalue weighted by Crippen LogP contribution is -2.19. The van der Waals surface area contributed by atoms with Gasteiger partial charge in [0.1, 0.15) is 17.9 Å². The third-order valence-electron chi connectivity index (χ3n) is 5.52. The number of fused-ring (bicyclic) bond motifs is 2. The van der Waals surface area contributed by atoms with E-state index >= 15 is 0 Å². The lowest BCUT2D eigenvalue weighted by atomic mass is 10.0. The van der Waals surface area contributed by atoms with E-state index in [4.69, 9.17) is 12.2 Å². The molecule has 4 aromatic rings. The van der Waals surface area contributed by atoms with Gasteiger partial charge in [0.2, 0.25) is 5.11 Å². The minimum atomic E-state index is -4.74. The van der Waals surface area contributed by atoms with Crippen LogP contribution in [0.2, 0.25) is 0 Å². The number of aromatic nitrogens is 2. The van der Waals surface area contributed by atoms with Crippen LogP contribution < -0.4 is 20.6 Å². The number of hydrogen-bond acceptors (Lipinski definition) is 4. The van der Waals surface area contributed by atoms with Gasteiger partial charge in [-0.15, -0.1) is 18.3 Å².